The molecular formula is C21H19N5OS. The minimum atomic E-state index is 0.713. The second-order valence-corrected chi connectivity index (χ2v) is 7.81. The minimum absolute atomic E-state index is 0.713. The van der Waals surface area contributed by atoms with Gasteiger partial charge in [-0.25, -0.2) is 15.0 Å². The number of pyridine rings is 1. The highest BCUT2D eigenvalue weighted by atomic mass is 32.1. The van der Waals surface area contributed by atoms with E-state index in [1.165, 1.54) is 5.56 Å². The molecule has 0 amide bonds. The first-order valence-electron chi connectivity index (χ1n) is 9.24. The number of hydrogen-bond acceptors (Lipinski definition) is 7. The van der Waals surface area contributed by atoms with Crippen molar-refractivity contribution in [2.24, 2.45) is 0 Å². The smallest absolute Gasteiger partial charge is 0.236 e. The normalized spacial score (nSPS) is 14.2. The highest BCUT2D eigenvalue weighted by molar-refractivity contribution is 7.13. The van der Waals surface area contributed by atoms with Gasteiger partial charge in [-0.2, -0.15) is 0 Å². The lowest BCUT2D eigenvalue weighted by atomic mass is 10.1. The summed E-state index contributed by atoms with van der Waals surface area (Å²) >= 11 is 1.64. The maximum Gasteiger partial charge on any atom is 0.236 e. The van der Waals surface area contributed by atoms with Gasteiger partial charge in [-0.15, -0.1) is 11.3 Å². The Hall–Kier alpha value is -2.90. The Labute approximate surface area is 166 Å². The SMILES string of the molecule is Cc1oc(-c2cccs2)nc1CN1CCc2nc(-c3ccncc3)ncc2C1. The molecular weight excluding hydrogens is 370 g/mol. The summed E-state index contributed by atoms with van der Waals surface area (Å²) in [4.78, 5) is 21.6. The first kappa shape index (κ1) is 17.2. The van der Waals surface area contributed by atoms with Crippen molar-refractivity contribution in [3.8, 4) is 22.2 Å². The van der Waals surface area contributed by atoms with Crippen LogP contribution in [0.15, 0.2) is 52.7 Å². The summed E-state index contributed by atoms with van der Waals surface area (Å²) in [7, 11) is 0. The first-order chi connectivity index (χ1) is 13.8. The molecule has 0 saturated carbocycles. The summed E-state index contributed by atoms with van der Waals surface area (Å²) in [5.41, 5.74) is 4.32. The fourth-order valence-corrected chi connectivity index (χ4v) is 4.09. The van der Waals surface area contributed by atoms with Gasteiger partial charge in [0.2, 0.25) is 5.89 Å². The van der Waals surface area contributed by atoms with E-state index in [0.717, 1.165) is 59.5 Å². The van der Waals surface area contributed by atoms with Crippen LogP contribution in [0.5, 0.6) is 0 Å². The average Bonchev–Trinajstić information content (AvgIpc) is 3.39. The fourth-order valence-electron chi connectivity index (χ4n) is 3.44. The summed E-state index contributed by atoms with van der Waals surface area (Å²) in [6.07, 6.45) is 6.40. The second kappa shape index (κ2) is 7.26. The van der Waals surface area contributed by atoms with Crippen molar-refractivity contribution in [3.63, 3.8) is 0 Å². The number of oxazole rings is 1. The minimum Gasteiger partial charge on any atom is -0.440 e. The molecule has 140 valence electrons. The van der Waals surface area contributed by atoms with E-state index >= 15 is 0 Å². The van der Waals surface area contributed by atoms with Gasteiger partial charge in [0.05, 0.1) is 16.3 Å². The molecule has 4 aromatic heterocycles. The van der Waals surface area contributed by atoms with Gasteiger partial charge >= 0.3 is 0 Å². The number of aryl methyl sites for hydroxylation is 1. The van der Waals surface area contributed by atoms with E-state index in [0.29, 0.717) is 5.89 Å². The molecule has 0 unspecified atom stereocenters. The molecule has 28 heavy (non-hydrogen) atoms. The fraction of sp³-hybridized carbons (Fsp3) is 0.238. The van der Waals surface area contributed by atoms with Crippen molar-refractivity contribution in [2.75, 3.05) is 6.54 Å². The molecule has 0 aromatic carbocycles. The number of hydrogen-bond donors (Lipinski definition) is 0. The van der Waals surface area contributed by atoms with Crippen LogP contribution in [0.2, 0.25) is 0 Å². The third kappa shape index (κ3) is 3.34. The van der Waals surface area contributed by atoms with Crippen molar-refractivity contribution >= 4 is 11.3 Å². The highest BCUT2D eigenvalue weighted by Gasteiger charge is 2.21. The van der Waals surface area contributed by atoms with Crippen LogP contribution in [0, 0.1) is 6.92 Å². The predicted molar refractivity (Wildman–Crippen MR) is 108 cm³/mol. The molecule has 0 radical (unpaired) electrons. The Morgan fingerprint density at radius 2 is 2.07 bits per heavy atom. The Balaban J connectivity index is 1.33. The van der Waals surface area contributed by atoms with Gasteiger partial charge in [-0.3, -0.25) is 9.88 Å². The van der Waals surface area contributed by atoms with Crippen molar-refractivity contribution in [1.82, 2.24) is 24.8 Å². The lowest BCUT2D eigenvalue weighted by molar-refractivity contribution is 0.239. The number of nitrogens with zero attached hydrogens (tertiary/aromatic N) is 5. The van der Waals surface area contributed by atoms with E-state index in [-0.39, 0.29) is 0 Å². The molecule has 0 spiro atoms. The van der Waals surface area contributed by atoms with Crippen LogP contribution in [-0.2, 0) is 19.5 Å². The van der Waals surface area contributed by atoms with Crippen LogP contribution in [-0.4, -0.2) is 31.4 Å². The average molecular weight is 389 g/mol. The molecule has 1 aliphatic heterocycles. The molecule has 5 heterocycles. The molecule has 4 aromatic rings. The van der Waals surface area contributed by atoms with Crippen LogP contribution in [0.3, 0.4) is 0 Å². The predicted octanol–water partition coefficient (Wildman–Crippen LogP) is 4.12. The molecule has 0 fully saturated rings. The maximum absolute atomic E-state index is 5.88. The summed E-state index contributed by atoms with van der Waals surface area (Å²) < 4.78 is 5.88. The van der Waals surface area contributed by atoms with Gasteiger partial charge < -0.3 is 4.42 Å². The molecule has 0 atom stereocenters. The van der Waals surface area contributed by atoms with E-state index < -0.39 is 0 Å². The summed E-state index contributed by atoms with van der Waals surface area (Å²) in [5.74, 6) is 2.37. The topological polar surface area (TPSA) is 67.9 Å². The maximum atomic E-state index is 5.88. The Bertz CT molecular complexity index is 1090. The standard InChI is InChI=1S/C21H19N5OS/c1-14-18(25-21(27-14)19-3-2-10-28-19)13-26-9-6-17-16(12-26)11-23-20(24-17)15-4-7-22-8-5-15/h2-5,7-8,10-11H,6,9,12-13H2,1H3. The van der Waals surface area contributed by atoms with Crippen molar-refractivity contribution in [2.45, 2.75) is 26.4 Å². The number of aromatic nitrogens is 4. The highest BCUT2D eigenvalue weighted by Crippen LogP contribution is 2.27. The number of rotatable bonds is 4. The van der Waals surface area contributed by atoms with Gasteiger partial charge in [0.1, 0.15) is 5.76 Å². The van der Waals surface area contributed by atoms with Crippen molar-refractivity contribution in [1.29, 1.82) is 0 Å². The van der Waals surface area contributed by atoms with Crippen LogP contribution < -0.4 is 0 Å². The van der Waals surface area contributed by atoms with E-state index in [2.05, 4.69) is 14.9 Å². The molecule has 0 saturated heterocycles. The van der Waals surface area contributed by atoms with Crippen molar-refractivity contribution in [3.05, 3.63) is 70.9 Å². The molecule has 6 nitrogen and oxygen atoms in total. The quantitative estimate of drug-likeness (QED) is 0.523. The first-order valence-corrected chi connectivity index (χ1v) is 10.1. The number of fused-ring (bicyclic) bond motifs is 1. The van der Waals surface area contributed by atoms with Gasteiger partial charge in [-0.05, 0) is 30.5 Å². The summed E-state index contributed by atoms with van der Waals surface area (Å²) in [6.45, 7) is 4.53. The Kier molecular flexibility index (Phi) is 4.46. The zero-order valence-electron chi connectivity index (χ0n) is 15.5. The molecule has 0 bridgehead atoms. The largest absolute Gasteiger partial charge is 0.440 e. The van der Waals surface area contributed by atoms with E-state index in [9.17, 15) is 0 Å². The Morgan fingerprint density at radius 3 is 2.89 bits per heavy atom. The lowest BCUT2D eigenvalue weighted by Gasteiger charge is -2.27. The van der Waals surface area contributed by atoms with E-state index in [1.807, 2.05) is 42.8 Å². The molecule has 1 aliphatic rings. The Morgan fingerprint density at radius 1 is 1.18 bits per heavy atom. The van der Waals surface area contributed by atoms with Gasteiger partial charge in [0.25, 0.3) is 0 Å². The summed E-state index contributed by atoms with van der Waals surface area (Å²) in [6, 6.07) is 7.93. The molecule has 0 N–H and O–H groups in total. The summed E-state index contributed by atoms with van der Waals surface area (Å²) in [5, 5.41) is 2.04. The second-order valence-electron chi connectivity index (χ2n) is 6.86. The monoisotopic (exact) mass is 389 g/mol. The van der Waals surface area contributed by atoms with Crippen molar-refractivity contribution < 1.29 is 4.42 Å². The zero-order chi connectivity index (χ0) is 18.9. The van der Waals surface area contributed by atoms with Crippen LogP contribution in [0.1, 0.15) is 22.7 Å². The van der Waals surface area contributed by atoms with Crippen LogP contribution >= 0.6 is 11.3 Å². The zero-order valence-corrected chi connectivity index (χ0v) is 16.3. The van der Waals surface area contributed by atoms with E-state index in [4.69, 9.17) is 14.4 Å². The third-order valence-electron chi connectivity index (χ3n) is 4.95. The van der Waals surface area contributed by atoms with Gasteiger partial charge in [0.15, 0.2) is 5.82 Å². The molecule has 0 aliphatic carbocycles. The number of thiophene rings is 1. The molecule has 5 rings (SSSR count). The third-order valence-corrected chi connectivity index (χ3v) is 5.81. The lowest BCUT2D eigenvalue weighted by Crippen LogP contribution is -2.31. The van der Waals surface area contributed by atoms with Crippen LogP contribution in [0.25, 0.3) is 22.2 Å². The van der Waals surface area contributed by atoms with Gasteiger partial charge in [-0.1, -0.05) is 6.07 Å². The van der Waals surface area contributed by atoms with Crippen LogP contribution in [0.4, 0.5) is 0 Å². The van der Waals surface area contributed by atoms with Gasteiger partial charge in [0, 0.05) is 55.8 Å². The van der Waals surface area contributed by atoms with E-state index in [1.54, 1.807) is 23.7 Å². The molecule has 7 heteroatoms.